The number of aliphatic carboxylic acids is 1. The Hall–Kier alpha value is -3.15. The number of ether oxygens (including phenoxy) is 1. The van der Waals surface area contributed by atoms with Crippen molar-refractivity contribution in [2.24, 2.45) is 5.92 Å². The predicted molar refractivity (Wildman–Crippen MR) is 98.1 cm³/mol. The molecule has 0 radical (unpaired) electrons. The van der Waals surface area contributed by atoms with Gasteiger partial charge in [-0.05, 0) is 11.1 Å². The molecular formula is C21H21NO5. The minimum absolute atomic E-state index is 0.0683. The van der Waals surface area contributed by atoms with E-state index < -0.39 is 29.9 Å². The van der Waals surface area contributed by atoms with Crippen molar-refractivity contribution in [3.63, 3.8) is 0 Å². The van der Waals surface area contributed by atoms with Gasteiger partial charge in [0.25, 0.3) is 0 Å². The molecule has 0 unspecified atom stereocenters. The van der Waals surface area contributed by atoms with E-state index in [0.717, 1.165) is 16.0 Å². The first-order valence-electron chi connectivity index (χ1n) is 8.80. The van der Waals surface area contributed by atoms with Crippen LogP contribution in [-0.2, 0) is 14.3 Å². The molecular weight excluding hydrogens is 346 g/mol. The smallest absolute Gasteiger partial charge is 0.417 e. The number of imide groups is 1. The minimum Gasteiger partial charge on any atom is -0.481 e. The lowest BCUT2D eigenvalue weighted by molar-refractivity contribution is -0.143. The standard InChI is InChI=1S/C21H21NO5/c1-14(12-18(23)24)20(25)22-17(13-27-21(22)26)19(15-8-4-2-5-9-15)16-10-6-3-7-11-16/h2-11,14,17,19H,12-13H2,1H3,(H,23,24)/t14-,17+/m1/s1. The number of hydrogen-bond donors (Lipinski definition) is 1. The van der Waals surface area contributed by atoms with Crippen LogP contribution in [0.5, 0.6) is 0 Å². The van der Waals surface area contributed by atoms with Gasteiger partial charge in [0.15, 0.2) is 0 Å². The fraction of sp³-hybridized carbons (Fsp3) is 0.286. The van der Waals surface area contributed by atoms with Crippen LogP contribution >= 0.6 is 0 Å². The van der Waals surface area contributed by atoms with E-state index in [-0.39, 0.29) is 18.9 Å². The summed E-state index contributed by atoms with van der Waals surface area (Å²) in [5.74, 6) is -2.69. The number of rotatable bonds is 6. The Kier molecular flexibility index (Phi) is 5.54. The van der Waals surface area contributed by atoms with E-state index in [1.165, 1.54) is 6.92 Å². The molecule has 2 aromatic rings. The van der Waals surface area contributed by atoms with Crippen molar-refractivity contribution in [1.29, 1.82) is 0 Å². The molecule has 1 aliphatic rings. The monoisotopic (exact) mass is 367 g/mol. The van der Waals surface area contributed by atoms with Gasteiger partial charge in [-0.25, -0.2) is 9.69 Å². The molecule has 1 fully saturated rings. The molecule has 2 aromatic carbocycles. The van der Waals surface area contributed by atoms with Gasteiger partial charge in [0.05, 0.1) is 12.5 Å². The van der Waals surface area contributed by atoms with Crippen LogP contribution in [0.25, 0.3) is 0 Å². The summed E-state index contributed by atoms with van der Waals surface area (Å²) in [5, 5.41) is 8.99. The lowest BCUT2D eigenvalue weighted by atomic mass is 9.84. The van der Waals surface area contributed by atoms with Crippen molar-refractivity contribution in [3.8, 4) is 0 Å². The molecule has 1 aliphatic heterocycles. The van der Waals surface area contributed by atoms with Crippen molar-refractivity contribution in [2.45, 2.75) is 25.3 Å². The number of hydrogen-bond acceptors (Lipinski definition) is 4. The second kappa shape index (κ2) is 8.03. The molecule has 2 amide bonds. The highest BCUT2D eigenvalue weighted by atomic mass is 16.6. The molecule has 0 saturated carbocycles. The summed E-state index contributed by atoms with van der Waals surface area (Å²) < 4.78 is 5.20. The minimum atomic E-state index is -1.08. The second-order valence-corrected chi connectivity index (χ2v) is 6.65. The lowest BCUT2D eigenvalue weighted by Gasteiger charge is -2.30. The molecule has 1 saturated heterocycles. The molecule has 2 atom stereocenters. The number of carboxylic acid groups (broad SMARTS) is 1. The average Bonchev–Trinajstić information content (AvgIpc) is 3.03. The highest BCUT2D eigenvalue weighted by Crippen LogP contribution is 2.35. The molecule has 140 valence electrons. The maximum Gasteiger partial charge on any atom is 0.417 e. The molecule has 6 nitrogen and oxygen atoms in total. The summed E-state index contributed by atoms with van der Waals surface area (Å²) in [4.78, 5) is 37.2. The SMILES string of the molecule is C[C@H](CC(=O)O)C(=O)N1C(=O)OC[C@H]1C(c1ccccc1)c1ccccc1. The summed E-state index contributed by atoms with van der Waals surface area (Å²) in [5.41, 5.74) is 1.91. The zero-order valence-electron chi connectivity index (χ0n) is 14.9. The van der Waals surface area contributed by atoms with Crippen LogP contribution in [0.4, 0.5) is 4.79 Å². The molecule has 6 heteroatoms. The zero-order chi connectivity index (χ0) is 19.4. The van der Waals surface area contributed by atoms with Crippen LogP contribution in [-0.4, -0.2) is 40.6 Å². The van der Waals surface area contributed by atoms with Gasteiger partial charge in [-0.3, -0.25) is 9.59 Å². The van der Waals surface area contributed by atoms with Gasteiger partial charge in [-0.15, -0.1) is 0 Å². The van der Waals surface area contributed by atoms with E-state index in [4.69, 9.17) is 9.84 Å². The number of benzene rings is 2. The second-order valence-electron chi connectivity index (χ2n) is 6.65. The van der Waals surface area contributed by atoms with E-state index in [9.17, 15) is 14.4 Å². The maximum atomic E-state index is 12.8. The summed E-state index contributed by atoms with van der Waals surface area (Å²) >= 11 is 0. The van der Waals surface area contributed by atoms with E-state index in [1.54, 1.807) is 0 Å². The van der Waals surface area contributed by atoms with Crippen LogP contribution in [0.3, 0.4) is 0 Å². The fourth-order valence-corrected chi connectivity index (χ4v) is 3.48. The van der Waals surface area contributed by atoms with E-state index >= 15 is 0 Å². The molecule has 1 heterocycles. The number of carboxylic acids is 1. The zero-order valence-corrected chi connectivity index (χ0v) is 14.9. The van der Waals surface area contributed by atoms with E-state index in [0.29, 0.717) is 0 Å². The Labute approximate surface area is 157 Å². The van der Waals surface area contributed by atoms with E-state index in [2.05, 4.69) is 0 Å². The van der Waals surface area contributed by atoms with Gasteiger partial charge in [0.2, 0.25) is 5.91 Å². The Balaban J connectivity index is 1.99. The quantitative estimate of drug-likeness (QED) is 0.847. The fourth-order valence-electron chi connectivity index (χ4n) is 3.48. The summed E-state index contributed by atoms with van der Waals surface area (Å²) in [6.45, 7) is 1.58. The Bertz CT molecular complexity index is 781. The third kappa shape index (κ3) is 4.00. The Morgan fingerprint density at radius 3 is 2.07 bits per heavy atom. The normalized spacial score (nSPS) is 17.6. The molecule has 0 aliphatic carbocycles. The summed E-state index contributed by atoms with van der Waals surface area (Å²) in [6, 6.07) is 18.7. The molecule has 27 heavy (non-hydrogen) atoms. The maximum absolute atomic E-state index is 12.8. The van der Waals surface area contributed by atoms with Crippen molar-refractivity contribution < 1.29 is 24.2 Å². The average molecular weight is 367 g/mol. The van der Waals surface area contributed by atoms with Gasteiger partial charge in [0.1, 0.15) is 6.61 Å². The van der Waals surface area contributed by atoms with Gasteiger partial charge in [-0.2, -0.15) is 0 Å². The van der Waals surface area contributed by atoms with Gasteiger partial charge in [-0.1, -0.05) is 67.6 Å². The largest absolute Gasteiger partial charge is 0.481 e. The Morgan fingerprint density at radius 1 is 1.07 bits per heavy atom. The van der Waals surface area contributed by atoms with Crippen molar-refractivity contribution in [2.75, 3.05) is 6.61 Å². The number of amides is 2. The molecule has 0 bridgehead atoms. The first-order valence-corrected chi connectivity index (χ1v) is 8.80. The molecule has 3 rings (SSSR count). The third-order valence-electron chi connectivity index (χ3n) is 4.75. The topological polar surface area (TPSA) is 83.9 Å². The van der Waals surface area contributed by atoms with Crippen molar-refractivity contribution in [1.82, 2.24) is 4.90 Å². The van der Waals surface area contributed by atoms with Crippen LogP contribution in [0, 0.1) is 5.92 Å². The van der Waals surface area contributed by atoms with Crippen molar-refractivity contribution in [3.05, 3.63) is 71.8 Å². The van der Waals surface area contributed by atoms with Crippen LogP contribution in [0.15, 0.2) is 60.7 Å². The molecule has 0 aromatic heterocycles. The van der Waals surface area contributed by atoms with E-state index in [1.807, 2.05) is 60.7 Å². The predicted octanol–water partition coefficient (Wildman–Crippen LogP) is 3.28. The first kappa shape index (κ1) is 18.6. The van der Waals surface area contributed by atoms with Crippen molar-refractivity contribution >= 4 is 18.0 Å². The van der Waals surface area contributed by atoms with Gasteiger partial charge in [0, 0.05) is 11.8 Å². The van der Waals surface area contributed by atoms with Gasteiger partial charge < -0.3 is 9.84 Å². The molecule has 1 N–H and O–H groups in total. The Morgan fingerprint density at radius 2 is 1.59 bits per heavy atom. The van der Waals surface area contributed by atoms with Crippen LogP contribution in [0.1, 0.15) is 30.4 Å². The lowest BCUT2D eigenvalue weighted by Crippen LogP contribution is -2.45. The molecule has 0 spiro atoms. The third-order valence-corrected chi connectivity index (χ3v) is 4.75. The number of carbonyl (C=O) groups is 3. The van der Waals surface area contributed by atoms with Crippen LogP contribution in [0.2, 0.25) is 0 Å². The first-order chi connectivity index (χ1) is 13.0. The highest BCUT2D eigenvalue weighted by molar-refractivity contribution is 5.96. The van der Waals surface area contributed by atoms with Gasteiger partial charge >= 0.3 is 12.1 Å². The highest BCUT2D eigenvalue weighted by Gasteiger charge is 2.44. The number of carbonyl (C=O) groups excluding carboxylic acids is 2. The number of cyclic esters (lactones) is 1. The van der Waals surface area contributed by atoms with Crippen LogP contribution < -0.4 is 0 Å². The number of nitrogens with zero attached hydrogens (tertiary/aromatic N) is 1. The summed E-state index contributed by atoms with van der Waals surface area (Å²) in [7, 11) is 0. The summed E-state index contributed by atoms with van der Waals surface area (Å²) in [6.07, 6.45) is -1.06.